The summed E-state index contributed by atoms with van der Waals surface area (Å²) in [5.74, 6) is -0.672. The fourth-order valence-electron chi connectivity index (χ4n) is 4.15. The minimum absolute atomic E-state index is 0.169. The van der Waals surface area contributed by atoms with E-state index in [9.17, 15) is 14.4 Å². The maximum absolute atomic E-state index is 13.0. The summed E-state index contributed by atoms with van der Waals surface area (Å²) in [7, 11) is 0. The van der Waals surface area contributed by atoms with Crippen LogP contribution in [0.4, 0.5) is 10.8 Å². The van der Waals surface area contributed by atoms with Gasteiger partial charge in [-0.2, -0.15) is 0 Å². The van der Waals surface area contributed by atoms with Gasteiger partial charge < -0.3 is 4.74 Å². The largest absolute Gasteiger partial charge is 0.494 e. The fourth-order valence-corrected chi connectivity index (χ4v) is 5.04. The Bertz CT molecular complexity index is 1280. The molecular weight excluding hydrogens is 440 g/mol. The van der Waals surface area contributed by atoms with E-state index in [0.717, 1.165) is 16.0 Å². The molecule has 2 atom stereocenters. The Kier molecular flexibility index (Phi) is 5.55. The number of fused-ring (bicyclic) bond motifs is 2. The van der Waals surface area contributed by atoms with Crippen LogP contribution in [-0.4, -0.2) is 29.3 Å². The highest BCUT2D eigenvalue weighted by molar-refractivity contribution is 7.22. The van der Waals surface area contributed by atoms with Crippen LogP contribution in [0.5, 0.6) is 5.75 Å². The van der Waals surface area contributed by atoms with Gasteiger partial charge in [-0.3, -0.25) is 25.1 Å². The molecule has 2 aromatic carbocycles. The van der Waals surface area contributed by atoms with Crippen LogP contribution in [0.2, 0.25) is 0 Å². The van der Waals surface area contributed by atoms with Gasteiger partial charge in [-0.1, -0.05) is 29.6 Å². The molecular formula is C24H22N4O4S. The summed E-state index contributed by atoms with van der Waals surface area (Å²) in [6.45, 7) is 2.49. The first-order valence-corrected chi connectivity index (χ1v) is 11.6. The molecule has 9 heteroatoms. The van der Waals surface area contributed by atoms with Crippen LogP contribution in [-0.2, 0) is 9.59 Å². The molecule has 2 heterocycles. The number of carbonyl (C=O) groups excluding carboxylic acids is 3. The monoisotopic (exact) mass is 462 g/mol. The molecule has 1 fully saturated rings. The lowest BCUT2D eigenvalue weighted by molar-refractivity contribution is -0.139. The van der Waals surface area contributed by atoms with Gasteiger partial charge in [0.15, 0.2) is 5.13 Å². The van der Waals surface area contributed by atoms with Crippen molar-refractivity contribution in [3.63, 3.8) is 0 Å². The maximum Gasteiger partial charge on any atom is 0.257 e. The molecule has 8 nitrogen and oxygen atoms in total. The van der Waals surface area contributed by atoms with Crippen molar-refractivity contribution < 1.29 is 19.1 Å². The number of hydrazine groups is 1. The van der Waals surface area contributed by atoms with E-state index in [2.05, 4.69) is 15.7 Å². The average Bonchev–Trinajstić information content (AvgIpc) is 3.23. The predicted octanol–water partition coefficient (Wildman–Crippen LogP) is 3.91. The molecule has 3 amide bonds. The highest BCUT2D eigenvalue weighted by Crippen LogP contribution is 2.33. The number of rotatable bonds is 5. The zero-order chi connectivity index (χ0) is 22.9. The summed E-state index contributed by atoms with van der Waals surface area (Å²) in [5.41, 5.74) is 4.26. The Morgan fingerprint density at radius 1 is 1.18 bits per heavy atom. The van der Waals surface area contributed by atoms with Gasteiger partial charge >= 0.3 is 0 Å². The number of ether oxygens (including phenoxy) is 1. The zero-order valence-corrected chi connectivity index (χ0v) is 18.7. The van der Waals surface area contributed by atoms with E-state index in [1.165, 1.54) is 16.3 Å². The van der Waals surface area contributed by atoms with Crippen LogP contribution >= 0.6 is 11.3 Å². The average molecular weight is 463 g/mol. The van der Waals surface area contributed by atoms with Gasteiger partial charge in [0.05, 0.1) is 34.3 Å². The molecule has 3 aromatic rings. The van der Waals surface area contributed by atoms with Crippen LogP contribution in [0.3, 0.4) is 0 Å². The molecule has 33 heavy (non-hydrogen) atoms. The Morgan fingerprint density at radius 3 is 2.82 bits per heavy atom. The summed E-state index contributed by atoms with van der Waals surface area (Å²) >= 11 is 1.35. The summed E-state index contributed by atoms with van der Waals surface area (Å²) in [6, 6.07) is 12.2. The minimum atomic E-state index is -0.384. The predicted molar refractivity (Wildman–Crippen MR) is 126 cm³/mol. The summed E-state index contributed by atoms with van der Waals surface area (Å²) in [6.07, 6.45) is 4.98. The molecule has 0 spiro atoms. The van der Waals surface area contributed by atoms with Gasteiger partial charge in [0, 0.05) is 5.56 Å². The summed E-state index contributed by atoms with van der Waals surface area (Å²) < 4.78 is 6.42. The van der Waals surface area contributed by atoms with Crippen LogP contribution in [0.15, 0.2) is 54.6 Å². The number of allylic oxidation sites excluding steroid dienone is 2. The van der Waals surface area contributed by atoms with E-state index in [0.29, 0.717) is 35.8 Å². The van der Waals surface area contributed by atoms with Gasteiger partial charge in [0.25, 0.3) is 5.91 Å². The lowest BCUT2D eigenvalue weighted by atomic mass is 9.80. The number of nitrogens with zero attached hydrogens (tertiary/aromatic N) is 2. The van der Waals surface area contributed by atoms with E-state index >= 15 is 0 Å². The van der Waals surface area contributed by atoms with Crippen molar-refractivity contribution in [2.75, 3.05) is 16.9 Å². The van der Waals surface area contributed by atoms with Gasteiger partial charge in [-0.05, 0) is 56.2 Å². The van der Waals surface area contributed by atoms with Crippen molar-refractivity contribution >= 4 is 50.1 Å². The molecule has 2 unspecified atom stereocenters. The van der Waals surface area contributed by atoms with Crippen molar-refractivity contribution in [3.8, 4) is 5.75 Å². The molecule has 1 aliphatic carbocycles. The second-order valence-corrected chi connectivity index (χ2v) is 8.92. The van der Waals surface area contributed by atoms with Gasteiger partial charge in [0.2, 0.25) is 11.8 Å². The first-order chi connectivity index (χ1) is 16.0. The smallest absolute Gasteiger partial charge is 0.257 e. The van der Waals surface area contributed by atoms with Crippen molar-refractivity contribution in [1.82, 2.24) is 10.4 Å². The van der Waals surface area contributed by atoms with E-state index < -0.39 is 0 Å². The Labute approximate surface area is 194 Å². The third-order valence-corrected chi connectivity index (χ3v) is 6.72. The van der Waals surface area contributed by atoms with Crippen molar-refractivity contribution in [2.45, 2.75) is 19.8 Å². The topological polar surface area (TPSA) is 101 Å². The van der Waals surface area contributed by atoms with Gasteiger partial charge in [-0.25, -0.2) is 9.99 Å². The third-order valence-electron chi connectivity index (χ3n) is 5.79. The maximum atomic E-state index is 13.0. The fraction of sp³-hybridized carbons (Fsp3) is 0.250. The number of amides is 3. The Hall–Kier alpha value is -3.72. The molecule has 1 aromatic heterocycles. The number of thiazole rings is 1. The van der Waals surface area contributed by atoms with E-state index in [1.807, 2.05) is 37.3 Å². The zero-order valence-electron chi connectivity index (χ0n) is 17.9. The number of hydrogen-bond donors (Lipinski definition) is 2. The normalized spacial score (nSPS) is 19.8. The van der Waals surface area contributed by atoms with E-state index in [4.69, 9.17) is 4.74 Å². The number of carbonyl (C=O) groups is 3. The van der Waals surface area contributed by atoms with Crippen LogP contribution in [0, 0.1) is 11.8 Å². The second-order valence-electron chi connectivity index (χ2n) is 7.89. The molecule has 2 aliphatic rings. The van der Waals surface area contributed by atoms with E-state index in [-0.39, 0.29) is 29.6 Å². The molecule has 0 saturated carbocycles. The van der Waals surface area contributed by atoms with Crippen LogP contribution in [0.1, 0.15) is 30.1 Å². The Balaban J connectivity index is 1.35. The quantitative estimate of drug-likeness (QED) is 0.560. The lowest BCUT2D eigenvalue weighted by Gasteiger charge is -2.38. The van der Waals surface area contributed by atoms with Crippen molar-refractivity contribution in [2.24, 2.45) is 11.8 Å². The molecule has 1 saturated heterocycles. The molecule has 1 aliphatic heterocycles. The molecule has 168 valence electrons. The van der Waals surface area contributed by atoms with Gasteiger partial charge in [-0.15, -0.1) is 0 Å². The number of benzene rings is 2. The first-order valence-electron chi connectivity index (χ1n) is 10.8. The van der Waals surface area contributed by atoms with E-state index in [1.54, 1.807) is 24.3 Å². The Morgan fingerprint density at radius 2 is 2.00 bits per heavy atom. The third kappa shape index (κ3) is 4.07. The minimum Gasteiger partial charge on any atom is -0.494 e. The molecule has 5 rings (SSSR count). The highest BCUT2D eigenvalue weighted by Gasteiger charge is 2.42. The van der Waals surface area contributed by atoms with Crippen molar-refractivity contribution in [3.05, 3.63) is 60.2 Å². The molecule has 0 radical (unpaired) electrons. The van der Waals surface area contributed by atoms with Crippen LogP contribution < -0.4 is 20.5 Å². The number of hydrogen-bond acceptors (Lipinski definition) is 6. The van der Waals surface area contributed by atoms with Gasteiger partial charge in [0.1, 0.15) is 5.75 Å². The summed E-state index contributed by atoms with van der Waals surface area (Å²) in [4.78, 5) is 42.9. The highest BCUT2D eigenvalue weighted by atomic mass is 32.1. The number of nitrogens with one attached hydrogen (secondary N) is 2. The van der Waals surface area contributed by atoms with Crippen molar-refractivity contribution in [1.29, 1.82) is 0 Å². The first kappa shape index (κ1) is 21.1. The number of aromatic nitrogens is 1. The SMILES string of the molecule is CCOc1ccc2nc(NC(=O)c3cccc(N4NC(=O)C5CC=CCC5C4=O)c3)sc2c1. The lowest BCUT2D eigenvalue weighted by Crippen LogP contribution is -2.59. The summed E-state index contributed by atoms with van der Waals surface area (Å²) in [5, 5.41) is 4.54. The molecule has 2 N–H and O–H groups in total. The molecule has 0 bridgehead atoms. The van der Waals surface area contributed by atoms with Crippen LogP contribution in [0.25, 0.3) is 10.2 Å². The standard InChI is InChI=1S/C24H22N4O4S/c1-2-32-16-10-11-19-20(13-16)33-24(25-19)26-21(29)14-6-5-7-15(12-14)28-23(31)18-9-4-3-8-17(18)22(30)27-28/h3-7,10-13,17-18H,2,8-9H2,1H3,(H,27,30)(H,25,26,29). The number of anilines is 2. The second kappa shape index (κ2) is 8.67.